The molecule has 142 valence electrons. The lowest BCUT2D eigenvalue weighted by Gasteiger charge is -2.33. The molecule has 1 heterocycles. The van der Waals surface area contributed by atoms with Crippen LogP contribution in [0.2, 0.25) is 5.02 Å². The van der Waals surface area contributed by atoms with Crippen molar-refractivity contribution in [2.24, 2.45) is 0 Å². The van der Waals surface area contributed by atoms with E-state index in [-0.39, 0.29) is 17.4 Å². The van der Waals surface area contributed by atoms with E-state index >= 15 is 0 Å². The van der Waals surface area contributed by atoms with E-state index in [1.54, 1.807) is 13.0 Å². The lowest BCUT2D eigenvalue weighted by molar-refractivity contribution is -0.892. The van der Waals surface area contributed by atoms with Gasteiger partial charge < -0.3 is 15.1 Å². The van der Waals surface area contributed by atoms with Crippen molar-refractivity contribution in [1.82, 2.24) is 0 Å². The molecule has 0 bridgehead atoms. The molecule has 0 radical (unpaired) electrons. The van der Waals surface area contributed by atoms with E-state index < -0.39 is 5.82 Å². The first-order chi connectivity index (χ1) is 12.9. The highest BCUT2D eigenvalue weighted by Crippen LogP contribution is 2.18. The molecular formula is C20H22ClFN3O2+. The van der Waals surface area contributed by atoms with Gasteiger partial charge in [0.2, 0.25) is 0 Å². The second-order valence-corrected chi connectivity index (χ2v) is 7.13. The molecule has 2 N–H and O–H groups in total. The lowest BCUT2D eigenvalue weighted by Crippen LogP contribution is -3.15. The number of rotatable bonds is 5. The average molecular weight is 391 g/mol. The number of hydrogen-bond donors (Lipinski definition) is 2. The summed E-state index contributed by atoms with van der Waals surface area (Å²) in [5, 5.41) is 2.90. The van der Waals surface area contributed by atoms with E-state index in [2.05, 4.69) is 10.2 Å². The van der Waals surface area contributed by atoms with Crippen molar-refractivity contribution in [1.29, 1.82) is 0 Å². The molecule has 1 saturated heterocycles. The zero-order chi connectivity index (χ0) is 19.4. The molecule has 7 heteroatoms. The van der Waals surface area contributed by atoms with E-state index in [1.807, 2.05) is 24.3 Å². The molecule has 1 amide bonds. The van der Waals surface area contributed by atoms with Gasteiger partial charge in [0.1, 0.15) is 5.82 Å². The lowest BCUT2D eigenvalue weighted by atomic mass is 10.1. The Labute approximate surface area is 162 Å². The number of carbonyl (C=O) groups is 2. The smallest absolute Gasteiger partial charge is 0.279 e. The molecule has 0 saturated carbocycles. The fraction of sp³-hybridized carbons (Fsp3) is 0.300. The highest BCUT2D eigenvalue weighted by atomic mass is 35.5. The summed E-state index contributed by atoms with van der Waals surface area (Å²) in [5.41, 5.74) is 1.92. The Morgan fingerprint density at radius 2 is 1.81 bits per heavy atom. The minimum absolute atomic E-state index is 0.0546. The number of carbonyl (C=O) groups excluding carboxylic acids is 2. The van der Waals surface area contributed by atoms with Gasteiger partial charge in [-0.2, -0.15) is 0 Å². The van der Waals surface area contributed by atoms with E-state index in [0.717, 1.165) is 36.8 Å². The fourth-order valence-electron chi connectivity index (χ4n) is 3.18. The van der Waals surface area contributed by atoms with Crippen LogP contribution in [0.25, 0.3) is 0 Å². The second-order valence-electron chi connectivity index (χ2n) is 6.69. The fourth-order valence-corrected chi connectivity index (χ4v) is 3.34. The van der Waals surface area contributed by atoms with Crippen molar-refractivity contribution in [3.8, 4) is 0 Å². The standard InChI is InChI=1S/C20H21ClFN3O2/c1-14(26)15-2-5-17(6-3-15)25-10-8-24(9-11-25)13-20(27)23-19-7-4-16(21)12-18(19)22/h2-7,12H,8-11,13H2,1H3,(H,23,27)/p+1. The Balaban J connectivity index is 1.50. The molecule has 0 atom stereocenters. The number of amides is 1. The van der Waals surface area contributed by atoms with Crippen LogP contribution in [0.3, 0.4) is 0 Å². The van der Waals surface area contributed by atoms with Crippen molar-refractivity contribution >= 4 is 34.7 Å². The summed E-state index contributed by atoms with van der Waals surface area (Å²) >= 11 is 5.72. The van der Waals surface area contributed by atoms with E-state index in [9.17, 15) is 14.0 Å². The summed E-state index contributed by atoms with van der Waals surface area (Å²) in [4.78, 5) is 26.9. The van der Waals surface area contributed by atoms with Crippen LogP contribution in [0, 0.1) is 5.82 Å². The van der Waals surface area contributed by atoms with Gasteiger partial charge in [-0.15, -0.1) is 0 Å². The summed E-state index contributed by atoms with van der Waals surface area (Å²) in [6, 6.07) is 11.8. The molecule has 5 nitrogen and oxygen atoms in total. The van der Waals surface area contributed by atoms with Crippen molar-refractivity contribution in [2.45, 2.75) is 6.92 Å². The van der Waals surface area contributed by atoms with Crippen LogP contribution in [0.5, 0.6) is 0 Å². The van der Waals surface area contributed by atoms with E-state index in [4.69, 9.17) is 11.6 Å². The molecule has 27 heavy (non-hydrogen) atoms. The molecule has 1 aliphatic heterocycles. The van der Waals surface area contributed by atoms with Gasteiger partial charge in [0.15, 0.2) is 12.3 Å². The maximum absolute atomic E-state index is 13.8. The predicted molar refractivity (Wildman–Crippen MR) is 104 cm³/mol. The molecule has 2 aromatic rings. The number of halogens is 2. The number of nitrogens with one attached hydrogen (secondary N) is 2. The van der Waals surface area contributed by atoms with Crippen LogP contribution >= 0.6 is 11.6 Å². The zero-order valence-electron chi connectivity index (χ0n) is 15.1. The molecule has 0 unspecified atom stereocenters. The third kappa shape index (κ3) is 5.05. The number of Topliss-reactive ketones (excluding diaryl/α,β-unsaturated/α-hetero) is 1. The van der Waals surface area contributed by atoms with Gasteiger partial charge >= 0.3 is 0 Å². The number of quaternary nitrogens is 1. The summed E-state index contributed by atoms with van der Waals surface area (Å²) in [7, 11) is 0. The monoisotopic (exact) mass is 390 g/mol. The summed E-state index contributed by atoms with van der Waals surface area (Å²) in [5.74, 6) is -0.700. The van der Waals surface area contributed by atoms with Crippen LogP contribution in [0.4, 0.5) is 15.8 Å². The molecule has 0 aromatic heterocycles. The molecular weight excluding hydrogens is 369 g/mol. The third-order valence-corrected chi connectivity index (χ3v) is 4.96. The number of hydrogen-bond acceptors (Lipinski definition) is 3. The summed E-state index contributed by atoms with van der Waals surface area (Å²) in [6.07, 6.45) is 0. The highest BCUT2D eigenvalue weighted by molar-refractivity contribution is 6.30. The van der Waals surface area contributed by atoms with Gasteiger partial charge in [-0.25, -0.2) is 4.39 Å². The summed E-state index contributed by atoms with van der Waals surface area (Å²) in [6.45, 7) is 5.10. The number of nitrogens with zero attached hydrogens (tertiary/aromatic N) is 1. The van der Waals surface area contributed by atoms with Crippen LogP contribution in [0.15, 0.2) is 42.5 Å². The van der Waals surface area contributed by atoms with Crippen LogP contribution in [-0.2, 0) is 4.79 Å². The van der Waals surface area contributed by atoms with Crippen molar-refractivity contribution in [2.75, 3.05) is 42.9 Å². The Hall–Kier alpha value is -2.44. The zero-order valence-corrected chi connectivity index (χ0v) is 15.9. The van der Waals surface area contributed by atoms with Gasteiger partial charge in [-0.1, -0.05) is 11.6 Å². The van der Waals surface area contributed by atoms with Gasteiger partial charge in [-0.05, 0) is 49.4 Å². The quantitative estimate of drug-likeness (QED) is 0.768. The summed E-state index contributed by atoms with van der Waals surface area (Å²) < 4.78 is 13.8. The Morgan fingerprint density at radius 3 is 2.41 bits per heavy atom. The maximum atomic E-state index is 13.8. The first kappa shape index (κ1) is 19.3. The molecule has 3 rings (SSSR count). The highest BCUT2D eigenvalue weighted by Gasteiger charge is 2.23. The number of piperazine rings is 1. The first-order valence-corrected chi connectivity index (χ1v) is 9.24. The van der Waals surface area contributed by atoms with Gasteiger partial charge in [0.25, 0.3) is 5.91 Å². The molecule has 0 aliphatic carbocycles. The maximum Gasteiger partial charge on any atom is 0.279 e. The first-order valence-electron chi connectivity index (χ1n) is 8.87. The van der Waals surface area contributed by atoms with E-state index in [1.165, 1.54) is 12.1 Å². The van der Waals surface area contributed by atoms with Gasteiger partial charge in [0.05, 0.1) is 31.9 Å². The predicted octanol–water partition coefficient (Wildman–Crippen LogP) is 2.03. The topological polar surface area (TPSA) is 53.9 Å². The molecule has 2 aromatic carbocycles. The van der Waals surface area contributed by atoms with Gasteiger partial charge in [0, 0.05) is 16.3 Å². The SMILES string of the molecule is CC(=O)c1ccc(N2CC[NH+](CC(=O)Nc3ccc(Cl)cc3F)CC2)cc1. The molecule has 1 aliphatic rings. The second kappa shape index (κ2) is 8.50. The van der Waals surface area contributed by atoms with Crippen molar-refractivity contribution in [3.05, 3.63) is 58.9 Å². The normalized spacial score (nSPS) is 14.9. The Kier molecular flexibility index (Phi) is 6.08. The molecule has 1 fully saturated rings. The minimum Gasteiger partial charge on any atom is -0.360 e. The number of benzene rings is 2. The van der Waals surface area contributed by atoms with Crippen LogP contribution < -0.4 is 15.1 Å². The average Bonchev–Trinajstić information content (AvgIpc) is 2.65. The van der Waals surface area contributed by atoms with Crippen LogP contribution in [0.1, 0.15) is 17.3 Å². The van der Waals surface area contributed by atoms with Crippen LogP contribution in [-0.4, -0.2) is 44.4 Å². The Bertz CT molecular complexity index is 834. The van der Waals surface area contributed by atoms with Crippen molar-refractivity contribution in [3.63, 3.8) is 0 Å². The largest absolute Gasteiger partial charge is 0.360 e. The molecule has 0 spiro atoms. The number of anilines is 2. The number of ketones is 1. The minimum atomic E-state index is -0.537. The van der Waals surface area contributed by atoms with Gasteiger partial charge in [-0.3, -0.25) is 9.59 Å². The Morgan fingerprint density at radius 1 is 1.15 bits per heavy atom. The third-order valence-electron chi connectivity index (χ3n) is 4.73. The van der Waals surface area contributed by atoms with E-state index in [0.29, 0.717) is 17.1 Å². The van der Waals surface area contributed by atoms with Crippen molar-refractivity contribution < 1.29 is 18.9 Å².